The summed E-state index contributed by atoms with van der Waals surface area (Å²) in [6.07, 6.45) is 1.51. The van der Waals surface area contributed by atoms with Crippen molar-refractivity contribution in [3.63, 3.8) is 0 Å². The smallest absolute Gasteiger partial charge is 0.323 e. The van der Waals surface area contributed by atoms with E-state index in [2.05, 4.69) is 0 Å². The summed E-state index contributed by atoms with van der Waals surface area (Å²) in [4.78, 5) is 66.8. The van der Waals surface area contributed by atoms with Gasteiger partial charge in [0.05, 0.1) is 17.7 Å². The topological polar surface area (TPSA) is 104 Å². The molecule has 3 aliphatic heterocycles. The molecule has 2 saturated heterocycles. The number of esters is 1. The van der Waals surface area contributed by atoms with Gasteiger partial charge in [-0.2, -0.15) is 0 Å². The molecule has 32 heavy (non-hydrogen) atoms. The molecular weight excluding hydrogens is 421 g/mol. The number of amides is 4. The van der Waals surface area contributed by atoms with Crippen molar-refractivity contribution in [2.45, 2.75) is 44.7 Å². The fourth-order valence-electron chi connectivity index (χ4n) is 4.65. The lowest BCUT2D eigenvalue weighted by atomic mass is 10.0. The van der Waals surface area contributed by atoms with E-state index in [1.165, 1.54) is 12.1 Å². The van der Waals surface area contributed by atoms with Crippen LogP contribution in [-0.4, -0.2) is 82.6 Å². The molecule has 3 aliphatic rings. The van der Waals surface area contributed by atoms with E-state index in [0.717, 1.165) is 35.4 Å². The second kappa shape index (κ2) is 8.78. The minimum Gasteiger partial charge on any atom is -0.463 e. The highest BCUT2D eigenvalue weighted by atomic mass is 19.1. The Balaban J connectivity index is 1.42. The molecule has 1 unspecified atom stereocenters. The summed E-state index contributed by atoms with van der Waals surface area (Å²) in [5, 5.41) is 0. The number of hydrogen-bond donors (Lipinski definition) is 0. The SMILES string of the molecule is CCN1CCCC1C(=O)OCCN1C(=O)CC[C@H](N2C(=O)c3cccc(F)c3C2=O)C1=O. The number of fused-ring (bicyclic) bond motifs is 1. The molecule has 4 rings (SSSR count). The van der Waals surface area contributed by atoms with E-state index in [1.807, 2.05) is 11.8 Å². The van der Waals surface area contributed by atoms with Crippen LogP contribution < -0.4 is 0 Å². The van der Waals surface area contributed by atoms with Crippen LogP contribution >= 0.6 is 0 Å². The molecule has 0 aromatic heterocycles. The van der Waals surface area contributed by atoms with Crippen LogP contribution in [0.25, 0.3) is 0 Å². The predicted octanol–water partition coefficient (Wildman–Crippen LogP) is 0.967. The molecular formula is C22H24FN3O6. The summed E-state index contributed by atoms with van der Waals surface area (Å²) >= 11 is 0. The Morgan fingerprint density at radius 3 is 2.66 bits per heavy atom. The van der Waals surface area contributed by atoms with Gasteiger partial charge in [0.25, 0.3) is 17.7 Å². The predicted molar refractivity (Wildman–Crippen MR) is 108 cm³/mol. The molecule has 4 amide bonds. The van der Waals surface area contributed by atoms with Crippen molar-refractivity contribution in [3.8, 4) is 0 Å². The minimum atomic E-state index is -1.21. The molecule has 0 aliphatic carbocycles. The number of hydrogen-bond acceptors (Lipinski definition) is 7. The first-order chi connectivity index (χ1) is 15.3. The summed E-state index contributed by atoms with van der Waals surface area (Å²) in [7, 11) is 0. The van der Waals surface area contributed by atoms with Crippen LogP contribution in [0.5, 0.6) is 0 Å². The van der Waals surface area contributed by atoms with Gasteiger partial charge in [0.15, 0.2) is 0 Å². The maximum atomic E-state index is 14.1. The molecule has 0 radical (unpaired) electrons. The van der Waals surface area contributed by atoms with Gasteiger partial charge in [-0.05, 0) is 44.5 Å². The van der Waals surface area contributed by atoms with Crippen molar-refractivity contribution in [1.82, 2.24) is 14.7 Å². The number of carbonyl (C=O) groups excluding carboxylic acids is 5. The van der Waals surface area contributed by atoms with Crippen LogP contribution in [0.4, 0.5) is 4.39 Å². The Hall–Kier alpha value is -3.14. The second-order valence-electron chi connectivity index (χ2n) is 8.03. The second-order valence-corrected chi connectivity index (χ2v) is 8.03. The summed E-state index contributed by atoms with van der Waals surface area (Å²) in [6.45, 7) is 3.17. The Kier molecular flexibility index (Phi) is 6.05. The van der Waals surface area contributed by atoms with Crippen LogP contribution in [0.2, 0.25) is 0 Å². The minimum absolute atomic E-state index is 0.0332. The molecule has 2 atom stereocenters. The number of nitrogens with zero attached hydrogens (tertiary/aromatic N) is 3. The monoisotopic (exact) mass is 445 g/mol. The highest BCUT2D eigenvalue weighted by Crippen LogP contribution is 2.30. The van der Waals surface area contributed by atoms with Crippen LogP contribution in [0, 0.1) is 5.82 Å². The molecule has 9 nitrogen and oxygen atoms in total. The van der Waals surface area contributed by atoms with Gasteiger partial charge in [-0.15, -0.1) is 0 Å². The van der Waals surface area contributed by atoms with Gasteiger partial charge < -0.3 is 4.74 Å². The molecule has 1 aromatic rings. The number of piperidine rings is 1. The molecule has 0 saturated carbocycles. The number of likely N-dealkylation sites (tertiary alicyclic amines) is 2. The number of imide groups is 2. The molecule has 3 heterocycles. The highest BCUT2D eigenvalue weighted by Gasteiger charge is 2.48. The average molecular weight is 445 g/mol. The number of benzene rings is 1. The first kappa shape index (κ1) is 22.1. The average Bonchev–Trinajstić information content (AvgIpc) is 3.35. The fraction of sp³-hybridized carbons (Fsp3) is 0.500. The van der Waals surface area contributed by atoms with E-state index >= 15 is 0 Å². The van der Waals surface area contributed by atoms with Gasteiger partial charge in [0.2, 0.25) is 5.91 Å². The van der Waals surface area contributed by atoms with Gasteiger partial charge in [-0.1, -0.05) is 13.0 Å². The highest BCUT2D eigenvalue weighted by molar-refractivity contribution is 6.23. The number of rotatable bonds is 6. The van der Waals surface area contributed by atoms with E-state index < -0.39 is 41.5 Å². The van der Waals surface area contributed by atoms with E-state index in [0.29, 0.717) is 6.42 Å². The Morgan fingerprint density at radius 2 is 1.94 bits per heavy atom. The van der Waals surface area contributed by atoms with Gasteiger partial charge >= 0.3 is 5.97 Å². The summed E-state index contributed by atoms with van der Waals surface area (Å²) in [5.41, 5.74) is -0.461. The van der Waals surface area contributed by atoms with Crippen molar-refractivity contribution < 1.29 is 33.1 Å². The van der Waals surface area contributed by atoms with Crippen molar-refractivity contribution in [3.05, 3.63) is 35.1 Å². The third-order valence-electron chi connectivity index (χ3n) is 6.29. The van der Waals surface area contributed by atoms with Gasteiger partial charge in [0.1, 0.15) is 24.5 Å². The molecule has 0 bridgehead atoms. The number of likely N-dealkylation sites (N-methyl/N-ethyl adjacent to an activating group) is 1. The summed E-state index contributed by atoms with van der Waals surface area (Å²) < 4.78 is 19.4. The van der Waals surface area contributed by atoms with E-state index in [-0.39, 0.29) is 43.2 Å². The lowest BCUT2D eigenvalue weighted by Crippen LogP contribution is -2.56. The third-order valence-corrected chi connectivity index (χ3v) is 6.29. The standard InChI is InChI=1S/C22H24FN3O6/c1-2-24-10-4-7-16(24)22(31)32-12-11-25-17(27)9-8-15(20(25)29)26-19(28)13-5-3-6-14(23)18(13)21(26)30/h3,5-6,15-16H,2,4,7-12H2,1H3/t15-,16?/m0/s1. The molecule has 0 spiro atoms. The lowest BCUT2D eigenvalue weighted by Gasteiger charge is -2.34. The van der Waals surface area contributed by atoms with Crippen LogP contribution in [0.1, 0.15) is 53.3 Å². The van der Waals surface area contributed by atoms with Crippen LogP contribution in [-0.2, 0) is 19.1 Å². The van der Waals surface area contributed by atoms with Crippen molar-refractivity contribution in [1.29, 1.82) is 0 Å². The third kappa shape index (κ3) is 3.68. The largest absolute Gasteiger partial charge is 0.463 e. The van der Waals surface area contributed by atoms with Crippen molar-refractivity contribution in [2.24, 2.45) is 0 Å². The van der Waals surface area contributed by atoms with Gasteiger partial charge in [0, 0.05) is 6.42 Å². The number of halogens is 1. The maximum absolute atomic E-state index is 14.1. The molecule has 10 heteroatoms. The van der Waals surface area contributed by atoms with Crippen LogP contribution in [0.3, 0.4) is 0 Å². The molecule has 1 aromatic carbocycles. The molecule has 0 N–H and O–H groups in total. The quantitative estimate of drug-likeness (QED) is 0.475. The van der Waals surface area contributed by atoms with Crippen molar-refractivity contribution >= 4 is 29.6 Å². The Labute approximate surface area is 184 Å². The van der Waals surface area contributed by atoms with E-state index in [4.69, 9.17) is 4.74 Å². The lowest BCUT2D eigenvalue weighted by molar-refractivity contribution is -0.157. The normalized spacial score (nSPS) is 23.8. The first-order valence-electron chi connectivity index (χ1n) is 10.8. The molecule has 2 fully saturated rings. The maximum Gasteiger partial charge on any atom is 0.323 e. The first-order valence-corrected chi connectivity index (χ1v) is 10.8. The number of ether oxygens (including phenoxy) is 1. The van der Waals surface area contributed by atoms with Crippen molar-refractivity contribution in [2.75, 3.05) is 26.2 Å². The zero-order valence-corrected chi connectivity index (χ0v) is 17.7. The fourth-order valence-corrected chi connectivity index (χ4v) is 4.65. The van der Waals surface area contributed by atoms with Crippen LogP contribution in [0.15, 0.2) is 18.2 Å². The zero-order chi connectivity index (χ0) is 23.0. The Morgan fingerprint density at radius 1 is 1.16 bits per heavy atom. The summed E-state index contributed by atoms with van der Waals surface area (Å²) in [5.74, 6) is -4.08. The Bertz CT molecular complexity index is 996. The van der Waals surface area contributed by atoms with Gasteiger partial charge in [-0.25, -0.2) is 4.39 Å². The number of carbonyl (C=O) groups is 5. The zero-order valence-electron chi connectivity index (χ0n) is 17.7. The van der Waals surface area contributed by atoms with E-state index in [1.54, 1.807) is 0 Å². The molecule has 170 valence electrons. The van der Waals surface area contributed by atoms with E-state index in [9.17, 15) is 28.4 Å². The summed E-state index contributed by atoms with van der Waals surface area (Å²) in [6, 6.07) is 2.19. The van der Waals surface area contributed by atoms with Gasteiger partial charge in [-0.3, -0.25) is 38.7 Å².